The zero-order valence-electron chi connectivity index (χ0n) is 11.7. The van der Waals surface area contributed by atoms with Gasteiger partial charge in [-0.3, -0.25) is 0 Å². The monoisotopic (exact) mass is 299 g/mol. The summed E-state index contributed by atoms with van der Waals surface area (Å²) >= 11 is 5.86. The molecular weight excluding hydrogens is 282 g/mol. The quantitative estimate of drug-likeness (QED) is 0.685. The third kappa shape index (κ3) is 5.93. The summed E-state index contributed by atoms with van der Waals surface area (Å²) in [6.07, 6.45) is -0.550. The molecule has 1 N–H and O–H groups in total. The van der Waals surface area contributed by atoms with Gasteiger partial charge in [-0.25, -0.2) is 9.59 Å². The molecule has 0 aliphatic rings. The van der Waals surface area contributed by atoms with Crippen LogP contribution in [0.4, 0.5) is 4.79 Å². The van der Waals surface area contributed by atoms with Crippen LogP contribution in [0.3, 0.4) is 0 Å². The van der Waals surface area contributed by atoms with Crippen molar-refractivity contribution in [2.75, 3.05) is 13.2 Å². The van der Waals surface area contributed by atoms with Crippen LogP contribution in [0.5, 0.6) is 0 Å². The number of rotatable bonds is 4. The van der Waals surface area contributed by atoms with Gasteiger partial charge in [0.05, 0.1) is 17.1 Å². The van der Waals surface area contributed by atoms with Crippen molar-refractivity contribution in [3.8, 4) is 0 Å². The SMILES string of the molecule is CC(C)(C)OC(=O)NCCOC(=O)c1ccccc1Cl. The molecule has 0 saturated heterocycles. The van der Waals surface area contributed by atoms with E-state index in [2.05, 4.69) is 5.32 Å². The number of nitrogens with one attached hydrogen (secondary N) is 1. The van der Waals surface area contributed by atoms with E-state index in [9.17, 15) is 9.59 Å². The molecule has 0 atom stereocenters. The number of carbonyl (C=O) groups excluding carboxylic acids is 2. The summed E-state index contributed by atoms with van der Waals surface area (Å²) in [5.74, 6) is -0.526. The Morgan fingerprint density at radius 1 is 1.25 bits per heavy atom. The molecule has 0 aromatic heterocycles. The maximum Gasteiger partial charge on any atom is 0.407 e. The molecule has 1 aromatic carbocycles. The largest absolute Gasteiger partial charge is 0.460 e. The van der Waals surface area contributed by atoms with Crippen molar-refractivity contribution < 1.29 is 19.1 Å². The van der Waals surface area contributed by atoms with E-state index in [1.165, 1.54) is 0 Å². The normalized spacial score (nSPS) is 10.8. The lowest BCUT2D eigenvalue weighted by molar-refractivity contribution is 0.0434. The van der Waals surface area contributed by atoms with E-state index in [-0.39, 0.29) is 13.2 Å². The minimum absolute atomic E-state index is 0.0449. The molecule has 0 aliphatic heterocycles. The van der Waals surface area contributed by atoms with Crippen LogP contribution in [-0.2, 0) is 9.47 Å². The Kier molecular flexibility index (Phi) is 5.82. The molecule has 5 nitrogen and oxygen atoms in total. The Labute approximate surface area is 123 Å². The first-order valence-corrected chi connectivity index (χ1v) is 6.56. The first-order chi connectivity index (χ1) is 9.29. The van der Waals surface area contributed by atoms with Crippen LogP contribution < -0.4 is 5.32 Å². The fourth-order valence-corrected chi connectivity index (χ4v) is 1.53. The summed E-state index contributed by atoms with van der Waals surface area (Å²) < 4.78 is 10.0. The van der Waals surface area contributed by atoms with E-state index >= 15 is 0 Å². The van der Waals surface area contributed by atoms with Gasteiger partial charge < -0.3 is 14.8 Å². The van der Waals surface area contributed by atoms with E-state index in [0.29, 0.717) is 10.6 Å². The standard InChI is InChI=1S/C14H18ClNO4/c1-14(2,3)20-13(18)16-8-9-19-12(17)10-6-4-5-7-11(10)15/h4-7H,8-9H2,1-3H3,(H,16,18). The lowest BCUT2D eigenvalue weighted by atomic mass is 10.2. The molecule has 0 spiro atoms. The summed E-state index contributed by atoms with van der Waals surface area (Å²) in [5, 5.41) is 2.82. The number of benzene rings is 1. The molecule has 110 valence electrons. The highest BCUT2D eigenvalue weighted by Crippen LogP contribution is 2.15. The summed E-state index contributed by atoms with van der Waals surface area (Å²) in [4.78, 5) is 23.0. The number of alkyl carbamates (subject to hydrolysis) is 1. The lowest BCUT2D eigenvalue weighted by Crippen LogP contribution is -2.34. The van der Waals surface area contributed by atoms with Crippen LogP contribution in [0.25, 0.3) is 0 Å². The fraction of sp³-hybridized carbons (Fsp3) is 0.429. The Balaban J connectivity index is 2.30. The van der Waals surface area contributed by atoms with Crippen molar-refractivity contribution in [2.24, 2.45) is 0 Å². The third-order valence-electron chi connectivity index (χ3n) is 2.10. The van der Waals surface area contributed by atoms with Gasteiger partial charge in [0.25, 0.3) is 0 Å². The molecule has 0 fully saturated rings. The van der Waals surface area contributed by atoms with Crippen molar-refractivity contribution in [3.63, 3.8) is 0 Å². The molecule has 0 heterocycles. The average Bonchev–Trinajstić information content (AvgIpc) is 2.33. The molecule has 20 heavy (non-hydrogen) atoms. The van der Waals surface area contributed by atoms with Gasteiger partial charge in [0.15, 0.2) is 0 Å². The topological polar surface area (TPSA) is 64.6 Å². The highest BCUT2D eigenvalue weighted by molar-refractivity contribution is 6.33. The van der Waals surface area contributed by atoms with Gasteiger partial charge in [-0.1, -0.05) is 23.7 Å². The zero-order chi connectivity index (χ0) is 15.2. The van der Waals surface area contributed by atoms with Crippen LogP contribution in [0.2, 0.25) is 5.02 Å². The second-order valence-electron chi connectivity index (χ2n) is 5.04. The number of halogens is 1. The van der Waals surface area contributed by atoms with Gasteiger partial charge >= 0.3 is 12.1 Å². The van der Waals surface area contributed by atoms with Gasteiger partial charge in [-0.15, -0.1) is 0 Å². The first kappa shape index (κ1) is 16.3. The highest BCUT2D eigenvalue weighted by Gasteiger charge is 2.16. The number of carbonyl (C=O) groups is 2. The Bertz CT molecular complexity index is 482. The van der Waals surface area contributed by atoms with Crippen molar-refractivity contribution in [1.82, 2.24) is 5.32 Å². The van der Waals surface area contributed by atoms with Crippen molar-refractivity contribution in [1.29, 1.82) is 0 Å². The predicted molar refractivity (Wildman–Crippen MR) is 76.0 cm³/mol. The van der Waals surface area contributed by atoms with E-state index in [1.54, 1.807) is 45.0 Å². The summed E-state index contributed by atoms with van der Waals surface area (Å²) in [7, 11) is 0. The van der Waals surface area contributed by atoms with Crippen molar-refractivity contribution in [3.05, 3.63) is 34.9 Å². The highest BCUT2D eigenvalue weighted by atomic mass is 35.5. The maximum atomic E-state index is 11.7. The van der Waals surface area contributed by atoms with Crippen molar-refractivity contribution in [2.45, 2.75) is 26.4 Å². The minimum Gasteiger partial charge on any atom is -0.460 e. The Morgan fingerprint density at radius 3 is 2.50 bits per heavy atom. The van der Waals surface area contributed by atoms with Crippen LogP contribution in [0, 0.1) is 0 Å². The van der Waals surface area contributed by atoms with E-state index < -0.39 is 17.7 Å². The number of esters is 1. The van der Waals surface area contributed by atoms with Gasteiger partial charge in [0.1, 0.15) is 12.2 Å². The van der Waals surface area contributed by atoms with Gasteiger partial charge in [-0.05, 0) is 32.9 Å². The third-order valence-corrected chi connectivity index (χ3v) is 2.43. The van der Waals surface area contributed by atoms with E-state index in [4.69, 9.17) is 21.1 Å². The average molecular weight is 300 g/mol. The van der Waals surface area contributed by atoms with E-state index in [0.717, 1.165) is 0 Å². The fourth-order valence-electron chi connectivity index (χ4n) is 1.32. The molecule has 0 bridgehead atoms. The number of hydrogen-bond donors (Lipinski definition) is 1. The van der Waals surface area contributed by atoms with Crippen LogP contribution in [-0.4, -0.2) is 30.8 Å². The summed E-state index contributed by atoms with van der Waals surface area (Å²) in [6, 6.07) is 6.60. The molecule has 1 rings (SSSR count). The van der Waals surface area contributed by atoms with Gasteiger partial charge in [0.2, 0.25) is 0 Å². The smallest absolute Gasteiger partial charge is 0.407 e. The molecule has 0 unspecified atom stereocenters. The van der Waals surface area contributed by atoms with E-state index in [1.807, 2.05) is 0 Å². The second-order valence-corrected chi connectivity index (χ2v) is 5.45. The first-order valence-electron chi connectivity index (χ1n) is 6.18. The minimum atomic E-state index is -0.557. The summed E-state index contributed by atoms with van der Waals surface area (Å²) in [6.45, 7) is 5.52. The molecule has 1 amide bonds. The molecule has 0 aliphatic carbocycles. The molecule has 0 saturated carbocycles. The predicted octanol–water partition coefficient (Wildman–Crippen LogP) is 3.02. The Hall–Kier alpha value is -1.75. The maximum absolute atomic E-state index is 11.7. The van der Waals surface area contributed by atoms with Crippen LogP contribution >= 0.6 is 11.6 Å². The zero-order valence-corrected chi connectivity index (χ0v) is 12.5. The van der Waals surface area contributed by atoms with Crippen molar-refractivity contribution >= 4 is 23.7 Å². The lowest BCUT2D eigenvalue weighted by Gasteiger charge is -2.19. The molecular formula is C14H18ClNO4. The number of ether oxygens (including phenoxy) is 2. The van der Waals surface area contributed by atoms with Gasteiger partial charge in [-0.2, -0.15) is 0 Å². The molecule has 6 heteroatoms. The van der Waals surface area contributed by atoms with Crippen LogP contribution in [0.1, 0.15) is 31.1 Å². The summed E-state index contributed by atoms with van der Waals surface area (Å²) in [5.41, 5.74) is -0.260. The Morgan fingerprint density at radius 2 is 1.90 bits per heavy atom. The van der Waals surface area contributed by atoms with Crippen LogP contribution in [0.15, 0.2) is 24.3 Å². The second kappa shape index (κ2) is 7.14. The number of hydrogen-bond acceptors (Lipinski definition) is 4. The molecule has 1 aromatic rings. The van der Waals surface area contributed by atoms with Gasteiger partial charge in [0, 0.05) is 0 Å². The number of amides is 1. The molecule has 0 radical (unpaired) electrons.